The van der Waals surface area contributed by atoms with E-state index in [-0.39, 0.29) is 5.56 Å². The van der Waals surface area contributed by atoms with Gasteiger partial charge in [0.2, 0.25) is 0 Å². The molecule has 0 N–H and O–H groups in total. The van der Waals surface area contributed by atoms with Crippen molar-refractivity contribution in [2.45, 2.75) is 24.6 Å². The molecule has 0 atom stereocenters. The summed E-state index contributed by atoms with van der Waals surface area (Å²) in [7, 11) is 1.79. The third-order valence-electron chi connectivity index (χ3n) is 3.99. The van der Waals surface area contributed by atoms with Gasteiger partial charge >= 0.3 is 0 Å². The van der Waals surface area contributed by atoms with Gasteiger partial charge in [-0.1, -0.05) is 18.2 Å². The summed E-state index contributed by atoms with van der Waals surface area (Å²) in [6.45, 7) is 3.82. The summed E-state index contributed by atoms with van der Waals surface area (Å²) < 4.78 is 1.67. The largest absolute Gasteiger partial charge is 0.311 e. The molecule has 0 saturated heterocycles. The lowest BCUT2D eigenvalue weighted by Gasteiger charge is -2.10. The second-order valence-electron chi connectivity index (χ2n) is 5.75. The van der Waals surface area contributed by atoms with Crippen LogP contribution in [-0.2, 0) is 12.8 Å². The molecule has 0 fully saturated rings. The van der Waals surface area contributed by atoms with Gasteiger partial charge in [-0.25, -0.2) is 4.98 Å². The summed E-state index contributed by atoms with van der Waals surface area (Å²) >= 11 is 1.44. The first-order chi connectivity index (χ1) is 11.5. The van der Waals surface area contributed by atoms with Crippen LogP contribution < -0.4 is 5.56 Å². The molecule has 3 rings (SSSR count). The normalized spacial score (nSPS) is 10.8. The van der Waals surface area contributed by atoms with Crippen LogP contribution in [0.3, 0.4) is 0 Å². The monoisotopic (exact) mass is 335 g/mol. The Morgan fingerprint density at radius 1 is 1.25 bits per heavy atom. The highest BCUT2D eigenvalue weighted by Crippen LogP contribution is 2.26. The van der Waals surface area contributed by atoms with Crippen molar-refractivity contribution in [3.63, 3.8) is 0 Å². The molecule has 0 aliphatic carbocycles. The number of aryl methyl sites for hydroxylation is 3. The van der Waals surface area contributed by atoms with E-state index in [1.165, 1.54) is 11.8 Å². The quantitative estimate of drug-likeness (QED) is 0.685. The number of pyridine rings is 2. The van der Waals surface area contributed by atoms with Gasteiger partial charge < -0.3 is 4.57 Å². The minimum Gasteiger partial charge on any atom is -0.311 e. The number of rotatable bonds is 3. The number of hydrogen-bond acceptors (Lipinski definition) is 4. The predicted molar refractivity (Wildman–Crippen MR) is 97.2 cm³/mol. The number of nitrogens with zero attached hydrogens (tertiary/aromatic N) is 3. The van der Waals surface area contributed by atoms with Gasteiger partial charge in [0.15, 0.2) is 0 Å². The van der Waals surface area contributed by atoms with Crippen LogP contribution in [0.4, 0.5) is 0 Å². The smallest absolute Gasteiger partial charge is 0.254 e. The van der Waals surface area contributed by atoms with E-state index in [0.29, 0.717) is 21.9 Å². The first-order valence-electron chi connectivity index (χ1n) is 7.60. The van der Waals surface area contributed by atoms with Gasteiger partial charge in [-0.05, 0) is 43.0 Å². The average molecular weight is 335 g/mol. The summed E-state index contributed by atoms with van der Waals surface area (Å²) in [5, 5.41) is 11.1. The Kier molecular flexibility index (Phi) is 4.41. The highest BCUT2D eigenvalue weighted by molar-refractivity contribution is 7.98. The van der Waals surface area contributed by atoms with Crippen LogP contribution in [-0.4, -0.2) is 9.55 Å². The molecule has 0 saturated carbocycles. The van der Waals surface area contributed by atoms with E-state index in [0.717, 1.165) is 22.2 Å². The molecule has 0 radical (unpaired) electrons. The van der Waals surface area contributed by atoms with Gasteiger partial charge in [0.25, 0.3) is 5.56 Å². The summed E-state index contributed by atoms with van der Waals surface area (Å²) in [5.41, 5.74) is 4.00. The van der Waals surface area contributed by atoms with E-state index in [4.69, 9.17) is 0 Å². The van der Waals surface area contributed by atoms with Crippen LogP contribution in [0.2, 0.25) is 0 Å². The van der Waals surface area contributed by atoms with Gasteiger partial charge in [0.05, 0.1) is 11.1 Å². The van der Waals surface area contributed by atoms with Crippen LogP contribution >= 0.6 is 11.8 Å². The molecule has 2 heterocycles. The number of thioether (sulfide) groups is 1. The summed E-state index contributed by atoms with van der Waals surface area (Å²) in [4.78, 5) is 17.0. The average Bonchev–Trinajstić information content (AvgIpc) is 2.56. The zero-order chi connectivity index (χ0) is 17.3. The standard InChI is InChI=1S/C19H17N3OS/c1-12-8-13(2)21-18(16(12)10-20)24-11-15-9-14-6-4-5-7-17(14)22(3)19(15)23/h4-9H,11H2,1-3H3. The number of benzene rings is 1. The number of fused-ring (bicyclic) bond motifs is 1. The molecular formula is C19H17N3OS. The molecule has 0 aliphatic heterocycles. The molecule has 120 valence electrons. The van der Waals surface area contributed by atoms with Crippen LogP contribution in [0.15, 0.2) is 46.2 Å². The molecule has 1 aromatic carbocycles. The van der Waals surface area contributed by atoms with E-state index in [1.807, 2.05) is 50.2 Å². The molecule has 0 unspecified atom stereocenters. The van der Waals surface area contributed by atoms with Crippen molar-refractivity contribution in [2.75, 3.05) is 0 Å². The maximum atomic E-state index is 12.6. The Hall–Kier alpha value is -2.58. The fraction of sp³-hybridized carbons (Fsp3) is 0.211. The summed E-state index contributed by atoms with van der Waals surface area (Å²) in [5.74, 6) is 0.488. The van der Waals surface area contributed by atoms with E-state index >= 15 is 0 Å². The zero-order valence-corrected chi connectivity index (χ0v) is 14.6. The van der Waals surface area contributed by atoms with Crippen LogP contribution in [0.5, 0.6) is 0 Å². The molecule has 3 aromatic rings. The first-order valence-corrected chi connectivity index (χ1v) is 8.58. The molecule has 0 aliphatic rings. The highest BCUT2D eigenvalue weighted by Gasteiger charge is 2.12. The fourth-order valence-corrected chi connectivity index (χ4v) is 3.84. The Balaban J connectivity index is 1.99. The predicted octanol–water partition coefficient (Wildman–Crippen LogP) is 3.71. The van der Waals surface area contributed by atoms with Gasteiger partial charge in [-0.2, -0.15) is 5.26 Å². The van der Waals surface area contributed by atoms with Gasteiger partial charge in [-0.15, -0.1) is 11.8 Å². The topological polar surface area (TPSA) is 58.7 Å². The molecule has 2 aromatic heterocycles. The molecule has 24 heavy (non-hydrogen) atoms. The third kappa shape index (κ3) is 2.93. The molecule has 0 spiro atoms. The number of hydrogen-bond donors (Lipinski definition) is 0. The van der Waals surface area contributed by atoms with Gasteiger partial charge in [0, 0.05) is 24.1 Å². The fourth-order valence-electron chi connectivity index (χ4n) is 2.78. The van der Waals surface area contributed by atoms with Crippen molar-refractivity contribution in [3.8, 4) is 6.07 Å². The van der Waals surface area contributed by atoms with Gasteiger partial charge in [0.1, 0.15) is 11.1 Å². The second kappa shape index (κ2) is 6.50. The Labute approximate surface area is 144 Å². The summed E-state index contributed by atoms with van der Waals surface area (Å²) in [6.07, 6.45) is 0. The number of para-hydroxylation sites is 1. The number of nitriles is 1. The Morgan fingerprint density at radius 2 is 2.00 bits per heavy atom. The highest BCUT2D eigenvalue weighted by atomic mass is 32.2. The number of aromatic nitrogens is 2. The van der Waals surface area contributed by atoms with E-state index in [2.05, 4.69) is 11.1 Å². The second-order valence-corrected chi connectivity index (χ2v) is 6.72. The lowest BCUT2D eigenvalue weighted by molar-refractivity contribution is 0.890. The van der Waals surface area contributed by atoms with Crippen LogP contribution in [0.1, 0.15) is 22.4 Å². The van der Waals surface area contributed by atoms with Crippen molar-refractivity contribution < 1.29 is 0 Å². The van der Waals surface area contributed by atoms with E-state index in [9.17, 15) is 10.1 Å². The maximum Gasteiger partial charge on any atom is 0.254 e. The molecule has 0 bridgehead atoms. The molecule has 5 heteroatoms. The van der Waals surface area contributed by atoms with E-state index < -0.39 is 0 Å². The lowest BCUT2D eigenvalue weighted by atomic mass is 10.1. The Morgan fingerprint density at radius 3 is 2.75 bits per heavy atom. The van der Waals surface area contributed by atoms with E-state index in [1.54, 1.807) is 11.6 Å². The maximum absolute atomic E-state index is 12.6. The SMILES string of the molecule is Cc1cc(C)c(C#N)c(SCc2cc3ccccc3n(C)c2=O)n1. The minimum absolute atomic E-state index is 0.0101. The van der Waals surface area contributed by atoms with Crippen LogP contribution in [0.25, 0.3) is 10.9 Å². The van der Waals surface area contributed by atoms with Crippen molar-refractivity contribution >= 4 is 22.7 Å². The lowest BCUT2D eigenvalue weighted by Crippen LogP contribution is -2.20. The van der Waals surface area contributed by atoms with Gasteiger partial charge in [-0.3, -0.25) is 4.79 Å². The zero-order valence-electron chi connectivity index (χ0n) is 13.8. The molecular weight excluding hydrogens is 318 g/mol. The third-order valence-corrected chi connectivity index (χ3v) is 5.02. The first kappa shape index (κ1) is 16.3. The molecule has 4 nitrogen and oxygen atoms in total. The van der Waals surface area contributed by atoms with Crippen molar-refractivity contribution in [3.05, 3.63) is 69.1 Å². The van der Waals surface area contributed by atoms with Crippen molar-refractivity contribution in [1.29, 1.82) is 5.26 Å². The summed E-state index contributed by atoms with van der Waals surface area (Å²) in [6, 6.07) is 13.9. The minimum atomic E-state index is -0.0101. The van der Waals surface area contributed by atoms with Crippen LogP contribution in [0, 0.1) is 25.2 Å². The molecule has 0 amide bonds. The van der Waals surface area contributed by atoms with Crippen molar-refractivity contribution in [1.82, 2.24) is 9.55 Å². The van der Waals surface area contributed by atoms with Crippen molar-refractivity contribution in [2.24, 2.45) is 7.05 Å². The Bertz CT molecular complexity index is 1030.